The van der Waals surface area contributed by atoms with Crippen molar-refractivity contribution >= 4 is 21.8 Å². The van der Waals surface area contributed by atoms with E-state index in [0.29, 0.717) is 11.9 Å². The largest absolute Gasteiger partial charge is 0.363 e. The summed E-state index contributed by atoms with van der Waals surface area (Å²) >= 11 is 3.55. The fourth-order valence-corrected chi connectivity index (χ4v) is 4.70. The van der Waals surface area contributed by atoms with Crippen LogP contribution in [0.4, 0.5) is 0 Å². The lowest BCUT2D eigenvalue weighted by Crippen LogP contribution is -2.45. The minimum atomic E-state index is -0.625. The number of likely N-dealkylation sites (tertiary alicyclic amines) is 1. The predicted molar refractivity (Wildman–Crippen MR) is 104 cm³/mol. The zero-order chi connectivity index (χ0) is 18.6. The van der Waals surface area contributed by atoms with E-state index in [9.17, 15) is 4.79 Å². The van der Waals surface area contributed by atoms with Crippen LogP contribution in [0.15, 0.2) is 35.4 Å². The average molecular weight is 421 g/mol. The molecular formula is C19H25BrN4O2. The molecule has 2 aliphatic rings. The van der Waals surface area contributed by atoms with Crippen LogP contribution in [0.5, 0.6) is 0 Å². The van der Waals surface area contributed by atoms with E-state index in [4.69, 9.17) is 10.3 Å². The number of hydrogen-bond donors (Lipinski definition) is 0. The van der Waals surface area contributed by atoms with Crippen molar-refractivity contribution in [1.82, 2.24) is 4.90 Å². The van der Waals surface area contributed by atoms with Gasteiger partial charge in [-0.2, -0.15) is 0 Å². The molecule has 1 saturated carbocycles. The molecule has 0 radical (unpaired) electrons. The van der Waals surface area contributed by atoms with E-state index >= 15 is 0 Å². The van der Waals surface area contributed by atoms with Crippen molar-refractivity contribution in [3.05, 3.63) is 46.3 Å². The van der Waals surface area contributed by atoms with Crippen LogP contribution < -0.4 is 0 Å². The number of hydrogen-bond acceptors (Lipinski definition) is 3. The zero-order valence-corrected chi connectivity index (χ0v) is 16.6. The van der Waals surface area contributed by atoms with Gasteiger partial charge in [0.25, 0.3) is 5.91 Å². The standard InChI is InChI=1S/C19H25BrN4O2/c1-19(13-20)16(26-12-14-8-4-2-5-9-14)17(25)24(18(19)22-23-21)15-10-6-3-7-11-15/h2,4-5,8-9,15-16,18H,3,6-7,10-13H2,1H3/t16-,18-,19+/m0/s1. The van der Waals surface area contributed by atoms with Crippen LogP contribution in [0.1, 0.15) is 44.6 Å². The van der Waals surface area contributed by atoms with Gasteiger partial charge in [0.1, 0.15) is 12.3 Å². The summed E-state index contributed by atoms with van der Waals surface area (Å²) in [5.74, 6) is -0.0489. The molecular weight excluding hydrogens is 396 g/mol. The van der Waals surface area contributed by atoms with Crippen molar-refractivity contribution in [2.24, 2.45) is 10.5 Å². The van der Waals surface area contributed by atoms with Crippen molar-refractivity contribution in [2.45, 2.75) is 63.9 Å². The van der Waals surface area contributed by atoms with Crippen LogP contribution in [-0.2, 0) is 16.1 Å². The molecule has 1 aromatic rings. The highest BCUT2D eigenvalue weighted by Crippen LogP contribution is 2.45. The van der Waals surface area contributed by atoms with Crippen LogP contribution in [0.25, 0.3) is 10.4 Å². The lowest BCUT2D eigenvalue weighted by molar-refractivity contribution is -0.142. The molecule has 0 aromatic heterocycles. The summed E-state index contributed by atoms with van der Waals surface area (Å²) in [4.78, 5) is 18.1. The van der Waals surface area contributed by atoms with Gasteiger partial charge in [-0.3, -0.25) is 4.79 Å². The van der Waals surface area contributed by atoms with Crippen molar-refractivity contribution in [2.75, 3.05) is 5.33 Å². The van der Waals surface area contributed by atoms with Gasteiger partial charge in [-0.05, 0) is 23.9 Å². The quantitative estimate of drug-likeness (QED) is 0.287. The van der Waals surface area contributed by atoms with Gasteiger partial charge >= 0.3 is 0 Å². The van der Waals surface area contributed by atoms with E-state index in [0.717, 1.165) is 31.2 Å². The second-order valence-electron chi connectivity index (χ2n) is 7.43. The first-order chi connectivity index (χ1) is 12.6. The Labute approximate surface area is 162 Å². The highest BCUT2D eigenvalue weighted by molar-refractivity contribution is 9.09. The summed E-state index contributed by atoms with van der Waals surface area (Å²) < 4.78 is 6.10. The number of ether oxygens (including phenoxy) is 1. The third-order valence-corrected chi connectivity index (χ3v) is 6.82. The van der Waals surface area contributed by atoms with Gasteiger partial charge in [0.15, 0.2) is 0 Å². The minimum absolute atomic E-state index is 0.0489. The van der Waals surface area contributed by atoms with Gasteiger partial charge in [-0.15, -0.1) is 0 Å². The maximum absolute atomic E-state index is 13.3. The van der Waals surface area contributed by atoms with E-state index in [-0.39, 0.29) is 11.9 Å². The Kier molecular flexibility index (Phi) is 6.22. The number of amides is 1. The lowest BCUT2D eigenvalue weighted by Gasteiger charge is -2.37. The molecule has 0 bridgehead atoms. The molecule has 0 N–H and O–H groups in total. The Morgan fingerprint density at radius 1 is 1.31 bits per heavy atom. The van der Waals surface area contributed by atoms with Crippen LogP contribution in [0.2, 0.25) is 0 Å². The second-order valence-corrected chi connectivity index (χ2v) is 7.99. The molecule has 1 heterocycles. The number of benzene rings is 1. The minimum Gasteiger partial charge on any atom is -0.363 e. The number of alkyl halides is 1. The van der Waals surface area contributed by atoms with Gasteiger partial charge in [0.05, 0.1) is 6.61 Å². The van der Waals surface area contributed by atoms with Gasteiger partial charge in [-0.25, -0.2) is 0 Å². The second kappa shape index (κ2) is 8.42. The fraction of sp³-hybridized carbons (Fsp3) is 0.632. The molecule has 0 unspecified atom stereocenters. The molecule has 26 heavy (non-hydrogen) atoms. The molecule has 0 spiro atoms. The summed E-state index contributed by atoms with van der Waals surface area (Å²) in [5.41, 5.74) is 9.54. The number of halogens is 1. The van der Waals surface area contributed by atoms with E-state index in [2.05, 4.69) is 26.0 Å². The number of nitrogens with zero attached hydrogens (tertiary/aromatic N) is 4. The van der Waals surface area contributed by atoms with Gasteiger partial charge in [-0.1, -0.05) is 77.6 Å². The SMILES string of the molecule is C[C@@]1(CBr)[C@@H](OCc2ccccc2)C(=O)N(C2CCCCC2)[C@@H]1N=[N+]=[N-]. The summed E-state index contributed by atoms with van der Waals surface area (Å²) in [6, 6.07) is 9.96. The van der Waals surface area contributed by atoms with Crippen LogP contribution >= 0.6 is 15.9 Å². The topological polar surface area (TPSA) is 78.3 Å². The molecule has 140 valence electrons. The van der Waals surface area contributed by atoms with E-state index in [1.165, 1.54) is 6.42 Å². The highest BCUT2D eigenvalue weighted by atomic mass is 79.9. The van der Waals surface area contributed by atoms with Crippen molar-refractivity contribution in [3.8, 4) is 0 Å². The van der Waals surface area contributed by atoms with Gasteiger partial charge < -0.3 is 9.64 Å². The summed E-state index contributed by atoms with van der Waals surface area (Å²) in [6.45, 7) is 2.33. The Hall–Kier alpha value is -1.56. The molecule has 1 saturated heterocycles. The summed E-state index contributed by atoms with van der Waals surface area (Å²) in [5, 5.41) is 4.56. The molecule has 1 aliphatic carbocycles. The van der Waals surface area contributed by atoms with Crippen molar-refractivity contribution in [3.63, 3.8) is 0 Å². The van der Waals surface area contributed by atoms with Crippen molar-refractivity contribution < 1.29 is 9.53 Å². The Bertz CT molecular complexity index is 673. The lowest BCUT2D eigenvalue weighted by atomic mass is 9.86. The molecule has 7 heteroatoms. The summed E-state index contributed by atoms with van der Waals surface area (Å²) in [6.07, 6.45) is 4.20. The van der Waals surface area contributed by atoms with Crippen LogP contribution in [0.3, 0.4) is 0 Å². The molecule has 6 nitrogen and oxygen atoms in total. The Morgan fingerprint density at radius 3 is 2.62 bits per heavy atom. The third kappa shape index (κ3) is 3.61. The monoisotopic (exact) mass is 420 g/mol. The van der Waals surface area contributed by atoms with Crippen LogP contribution in [-0.4, -0.2) is 34.4 Å². The van der Waals surface area contributed by atoms with E-state index < -0.39 is 17.7 Å². The molecule has 3 atom stereocenters. The zero-order valence-electron chi connectivity index (χ0n) is 15.1. The number of azide groups is 1. The molecule has 1 amide bonds. The summed E-state index contributed by atoms with van der Waals surface area (Å²) in [7, 11) is 0. The first-order valence-electron chi connectivity index (χ1n) is 9.19. The maximum Gasteiger partial charge on any atom is 0.253 e. The molecule has 1 aromatic carbocycles. The highest BCUT2D eigenvalue weighted by Gasteiger charge is 2.58. The number of rotatable bonds is 6. The Balaban J connectivity index is 1.86. The van der Waals surface area contributed by atoms with Crippen molar-refractivity contribution in [1.29, 1.82) is 0 Å². The molecule has 2 fully saturated rings. The average Bonchev–Trinajstić information content (AvgIpc) is 2.89. The first-order valence-corrected chi connectivity index (χ1v) is 10.3. The molecule has 1 aliphatic heterocycles. The third-order valence-electron chi connectivity index (χ3n) is 5.61. The number of carbonyl (C=O) groups excluding carboxylic acids is 1. The number of carbonyl (C=O) groups is 1. The Morgan fingerprint density at radius 2 is 2.00 bits per heavy atom. The normalized spacial score (nSPS) is 29.6. The molecule has 3 rings (SSSR count). The van der Waals surface area contributed by atoms with Crippen LogP contribution in [0, 0.1) is 5.41 Å². The predicted octanol–water partition coefficient (Wildman–Crippen LogP) is 4.78. The first kappa shape index (κ1) is 19.2. The smallest absolute Gasteiger partial charge is 0.253 e. The fourth-order valence-electron chi connectivity index (χ4n) is 4.12. The maximum atomic E-state index is 13.3. The van der Waals surface area contributed by atoms with Gasteiger partial charge in [0.2, 0.25) is 0 Å². The van der Waals surface area contributed by atoms with Gasteiger partial charge in [0, 0.05) is 21.7 Å². The van der Waals surface area contributed by atoms with E-state index in [1.807, 2.05) is 42.2 Å². The van der Waals surface area contributed by atoms with E-state index in [1.54, 1.807) is 0 Å².